The van der Waals surface area contributed by atoms with Crippen molar-refractivity contribution < 1.29 is 37.0 Å². The summed E-state index contributed by atoms with van der Waals surface area (Å²) in [5, 5.41) is 3.36. The summed E-state index contributed by atoms with van der Waals surface area (Å²) in [4.78, 5) is 0. The SMILES string of the molecule is C.C=CCC=C.C[SiH](C)O[Si](O[SiH](C)C)(O[SiH](C)C)c1ccccc1.C[SiH](C)O[Si](O[SiH](C)C)(O[Si](C)(C)CCCCC[Si](C)(C)O[Si](O[SiH](C)C)(O[SiH](C)C)c1ccccc1)c1ccccc1. The lowest BCUT2D eigenvalue weighted by molar-refractivity contribution is 0.281. The maximum atomic E-state index is 7.14. The molecular weight excluding hydrogens is 1050 g/mol. The zero-order valence-corrected chi connectivity index (χ0v) is 58.3. The summed E-state index contributed by atoms with van der Waals surface area (Å²) in [6.07, 6.45) is 8.00. The van der Waals surface area contributed by atoms with E-state index >= 15 is 0 Å². The molecule has 0 amide bonds. The van der Waals surface area contributed by atoms with Crippen LogP contribution in [0.15, 0.2) is 116 Å². The minimum absolute atomic E-state index is 0. The molecule has 3 aromatic carbocycles. The highest BCUT2D eigenvalue weighted by Gasteiger charge is 2.50. The highest BCUT2D eigenvalue weighted by Crippen LogP contribution is 2.28. The Balaban J connectivity index is 0.00000148. The van der Waals surface area contributed by atoms with Crippen LogP contribution in [-0.4, -0.2) is 106 Å². The molecule has 3 aromatic rings. The molecule has 0 unspecified atom stereocenters. The second-order valence-corrected chi connectivity index (χ2v) is 56.1. The van der Waals surface area contributed by atoms with E-state index in [0.29, 0.717) is 0 Å². The van der Waals surface area contributed by atoms with E-state index in [2.05, 4.69) is 204 Å². The van der Waals surface area contributed by atoms with Crippen molar-refractivity contribution in [3.63, 3.8) is 0 Å². The van der Waals surface area contributed by atoms with Gasteiger partial charge in [-0.15, -0.1) is 13.2 Å². The zero-order valence-electron chi connectivity index (χ0n) is 45.2. The largest absolute Gasteiger partial charge is 0.505 e. The molecule has 9 nitrogen and oxygen atoms in total. The Kier molecular flexibility index (Phi) is 33.7. The van der Waals surface area contributed by atoms with Crippen LogP contribution in [0.1, 0.15) is 33.1 Å². The first-order chi connectivity index (χ1) is 31.3. The minimum atomic E-state index is -2.96. The van der Waals surface area contributed by atoms with Gasteiger partial charge in [-0.05, 0) is 136 Å². The number of unbranched alkanes of at least 4 members (excludes halogenated alkanes) is 2. The molecular formula is C47H98O9Si12. The first-order valence-corrected chi connectivity index (χ1v) is 55.7. The highest BCUT2D eigenvalue weighted by atomic mass is 28.5. The molecule has 0 radical (unpaired) electrons. The minimum Gasteiger partial charge on any atom is -0.416 e. The third kappa shape index (κ3) is 26.9. The molecule has 0 bridgehead atoms. The number of rotatable bonds is 29. The van der Waals surface area contributed by atoms with Crippen molar-refractivity contribution in [3.05, 3.63) is 116 Å². The van der Waals surface area contributed by atoms with Gasteiger partial charge in [0.25, 0.3) is 0 Å². The Morgan fingerprint density at radius 3 is 0.794 bits per heavy atom. The van der Waals surface area contributed by atoms with Gasteiger partial charge in [0.2, 0.25) is 0 Å². The molecule has 0 aliphatic heterocycles. The first kappa shape index (κ1) is 67.4. The number of hydrogen-bond acceptors (Lipinski definition) is 9. The quantitative estimate of drug-likeness (QED) is 0.0383. The van der Waals surface area contributed by atoms with Crippen molar-refractivity contribution in [1.82, 2.24) is 0 Å². The average Bonchev–Trinajstić information content (AvgIpc) is 3.20. The fraction of sp³-hybridized carbons (Fsp3) is 0.532. The van der Waals surface area contributed by atoms with Crippen molar-refractivity contribution in [2.45, 2.75) is 163 Å². The van der Waals surface area contributed by atoms with Gasteiger partial charge in [0.1, 0.15) is 0 Å². The summed E-state index contributed by atoms with van der Waals surface area (Å²) in [5.41, 5.74) is 0. The molecule has 21 heteroatoms. The Labute approximate surface area is 435 Å². The molecule has 0 saturated heterocycles. The molecule has 0 N–H and O–H groups in total. The van der Waals surface area contributed by atoms with E-state index in [1.165, 1.54) is 6.42 Å². The topological polar surface area (TPSA) is 83.1 Å². The van der Waals surface area contributed by atoms with Gasteiger partial charge >= 0.3 is 26.4 Å². The van der Waals surface area contributed by atoms with Crippen molar-refractivity contribution in [3.8, 4) is 0 Å². The summed E-state index contributed by atoms with van der Waals surface area (Å²) in [5.74, 6) is 0. The summed E-state index contributed by atoms with van der Waals surface area (Å²) in [7, 11) is -22.0. The summed E-state index contributed by atoms with van der Waals surface area (Å²) >= 11 is 0. The molecule has 3 rings (SSSR count). The van der Waals surface area contributed by atoms with Crippen LogP contribution in [0, 0.1) is 0 Å². The van der Waals surface area contributed by atoms with Crippen LogP contribution in [0.4, 0.5) is 0 Å². The third-order valence-corrected chi connectivity index (χ3v) is 44.0. The maximum Gasteiger partial charge on any atom is 0.505 e. The Bertz CT molecular complexity index is 1620. The molecule has 0 fully saturated rings. The number of allylic oxidation sites excluding steroid dienone is 2. The van der Waals surface area contributed by atoms with Crippen LogP contribution in [0.3, 0.4) is 0 Å². The highest BCUT2D eigenvalue weighted by molar-refractivity contribution is 6.93. The lowest BCUT2D eigenvalue weighted by atomic mass is 10.3. The molecule has 0 aromatic heterocycles. The molecule has 0 saturated carbocycles. The average molecular weight is 1140 g/mol. The van der Waals surface area contributed by atoms with Crippen LogP contribution in [0.25, 0.3) is 0 Å². The summed E-state index contributed by atoms with van der Waals surface area (Å²) in [6, 6.07) is 33.5. The Hall–Kier alpha value is -0.617. The van der Waals surface area contributed by atoms with E-state index in [1.54, 1.807) is 0 Å². The van der Waals surface area contributed by atoms with E-state index < -0.39 is 106 Å². The number of hydrogen-bond donors (Lipinski definition) is 0. The zero-order chi connectivity index (χ0) is 50.9. The predicted octanol–water partition coefficient (Wildman–Crippen LogP) is 10.5. The lowest BCUT2D eigenvalue weighted by Gasteiger charge is -2.40. The maximum absolute atomic E-state index is 7.14. The van der Waals surface area contributed by atoms with E-state index in [1.807, 2.05) is 30.4 Å². The van der Waals surface area contributed by atoms with E-state index in [4.69, 9.17) is 37.0 Å². The van der Waals surface area contributed by atoms with Gasteiger partial charge in [-0.1, -0.05) is 130 Å². The van der Waals surface area contributed by atoms with Crippen molar-refractivity contribution in [2.24, 2.45) is 0 Å². The van der Waals surface area contributed by atoms with Gasteiger partial charge in [-0.2, -0.15) is 0 Å². The van der Waals surface area contributed by atoms with Gasteiger partial charge in [-0.25, -0.2) is 0 Å². The van der Waals surface area contributed by atoms with Gasteiger partial charge in [0.05, 0.1) is 0 Å². The smallest absolute Gasteiger partial charge is 0.416 e. The molecule has 0 spiro atoms. The van der Waals surface area contributed by atoms with Crippen LogP contribution in [0.2, 0.25) is 130 Å². The normalized spacial score (nSPS) is 12.6. The summed E-state index contributed by atoms with van der Waals surface area (Å²) in [6.45, 7) is 47.2. The van der Waals surface area contributed by atoms with Gasteiger partial charge in [0, 0.05) is 15.6 Å². The van der Waals surface area contributed by atoms with E-state index in [9.17, 15) is 0 Å². The van der Waals surface area contributed by atoms with E-state index in [0.717, 1.165) is 46.9 Å². The van der Waals surface area contributed by atoms with Gasteiger partial charge in [-0.3, -0.25) is 0 Å². The van der Waals surface area contributed by atoms with Crippen LogP contribution in [0.5, 0.6) is 0 Å². The third-order valence-electron chi connectivity index (χ3n) is 9.33. The molecule has 0 aliphatic carbocycles. The van der Waals surface area contributed by atoms with Gasteiger partial charge in [0.15, 0.2) is 79.9 Å². The molecule has 0 atom stereocenters. The Morgan fingerprint density at radius 2 is 0.588 bits per heavy atom. The second kappa shape index (κ2) is 34.0. The van der Waals surface area contributed by atoms with Gasteiger partial charge < -0.3 is 37.0 Å². The fourth-order valence-corrected chi connectivity index (χ4v) is 46.0. The lowest BCUT2D eigenvalue weighted by Crippen LogP contribution is -2.64. The number of benzene rings is 3. The fourth-order valence-electron chi connectivity index (χ4n) is 7.15. The van der Waals surface area contributed by atoms with Crippen LogP contribution in [-0.2, 0) is 37.0 Å². The summed E-state index contributed by atoms with van der Waals surface area (Å²) < 4.78 is 60.4. The second-order valence-electron chi connectivity index (χ2n) is 20.0. The predicted molar refractivity (Wildman–Crippen MR) is 328 cm³/mol. The van der Waals surface area contributed by atoms with Crippen LogP contribution < -0.4 is 15.6 Å². The van der Waals surface area contributed by atoms with E-state index in [-0.39, 0.29) is 7.43 Å². The van der Waals surface area contributed by atoms with Crippen molar-refractivity contribution in [1.29, 1.82) is 0 Å². The molecule has 388 valence electrons. The molecule has 68 heavy (non-hydrogen) atoms. The Morgan fingerprint density at radius 1 is 0.368 bits per heavy atom. The monoisotopic (exact) mass is 1140 g/mol. The first-order valence-electron chi connectivity index (χ1n) is 24.8. The molecule has 0 heterocycles. The molecule has 0 aliphatic rings. The standard InChI is InChI=1S/C29H60O6Si8.C12H26O3Si4.C5H8.CH4/c1-36(2)30-42(31-37(3)4,28-22-16-13-17-23-28)34-40(9,10)26-20-15-21-27-41(11,12)35-43(32-38(5)6,33-39(7)8)29-24-18-14-19-25-29;1-16(2)13-19(14-17(3)4,15-18(5)6)12-10-8-7-9-11-12;1-3-5-4-2;/h13-14,16-19,22-25,36-39H,15,20-21,26-27H2,1-12H3;7-11,16-18H,1-6H3;3-4H,1-2,5H2;1H4. The van der Waals surface area contributed by atoms with Crippen LogP contribution >= 0.6 is 0 Å². The van der Waals surface area contributed by atoms with Crippen molar-refractivity contribution >= 4 is 122 Å². The van der Waals surface area contributed by atoms with Crippen molar-refractivity contribution in [2.75, 3.05) is 0 Å².